The number of primary amides is 1. The van der Waals surface area contributed by atoms with Crippen molar-refractivity contribution in [2.45, 2.75) is 83.0 Å². The molecule has 4 unspecified atom stereocenters. The van der Waals surface area contributed by atoms with Crippen LogP contribution in [0.25, 0.3) is 0 Å². The van der Waals surface area contributed by atoms with Gasteiger partial charge < -0.3 is 43.4 Å². The van der Waals surface area contributed by atoms with Gasteiger partial charge in [-0.1, -0.05) is 20.3 Å². The van der Waals surface area contributed by atoms with Crippen LogP contribution in [0.15, 0.2) is 0 Å². The summed E-state index contributed by atoms with van der Waals surface area (Å²) in [5, 5.41) is 25.4. The number of amides is 4. The van der Waals surface area contributed by atoms with Crippen molar-refractivity contribution < 1.29 is 39.0 Å². The first-order valence-corrected chi connectivity index (χ1v) is 11.4. The van der Waals surface area contributed by atoms with Crippen LogP contribution >= 0.6 is 0 Å². The average Bonchev–Trinajstić information content (AvgIpc) is 2.76. The molecule has 200 valence electrons. The minimum absolute atomic E-state index is 0.241. The third kappa shape index (κ3) is 13.3. The highest BCUT2D eigenvalue weighted by Crippen LogP contribution is 2.07. The van der Waals surface area contributed by atoms with Crippen LogP contribution in [0.1, 0.15) is 58.8 Å². The second-order valence-corrected chi connectivity index (χ2v) is 8.52. The highest BCUT2D eigenvalue weighted by molar-refractivity contribution is 5.94. The number of carboxylic acid groups (broad SMARTS) is 2. The van der Waals surface area contributed by atoms with Gasteiger partial charge in [-0.2, -0.15) is 0 Å². The monoisotopic (exact) mass is 502 g/mol. The van der Waals surface area contributed by atoms with Crippen LogP contribution in [0.3, 0.4) is 0 Å². The third-order valence-electron chi connectivity index (χ3n) is 5.13. The molecule has 0 rings (SSSR count). The molecule has 0 spiro atoms. The van der Waals surface area contributed by atoms with Crippen molar-refractivity contribution in [1.29, 1.82) is 0 Å². The Hall–Kier alpha value is -3.26. The van der Waals surface area contributed by atoms with Crippen LogP contribution in [0.2, 0.25) is 0 Å². The van der Waals surface area contributed by atoms with Gasteiger partial charge in [0, 0.05) is 12.8 Å². The fourth-order valence-electron chi connectivity index (χ4n) is 3.05. The molecule has 0 aliphatic heterocycles. The second kappa shape index (κ2) is 16.4. The molecule has 0 aromatic heterocycles. The van der Waals surface area contributed by atoms with Crippen molar-refractivity contribution in [2.24, 2.45) is 23.1 Å². The van der Waals surface area contributed by atoms with Gasteiger partial charge in [-0.3, -0.25) is 24.0 Å². The number of aliphatic carboxylic acids is 2. The van der Waals surface area contributed by atoms with Gasteiger partial charge in [0.15, 0.2) is 0 Å². The summed E-state index contributed by atoms with van der Waals surface area (Å²) in [5.41, 5.74) is 16.4. The number of hydrogen-bond donors (Lipinski definition) is 8. The second-order valence-electron chi connectivity index (χ2n) is 8.52. The van der Waals surface area contributed by atoms with E-state index in [0.29, 0.717) is 25.8 Å². The molecule has 0 aliphatic rings. The van der Waals surface area contributed by atoms with Crippen LogP contribution in [-0.4, -0.2) is 76.5 Å². The Morgan fingerprint density at radius 1 is 0.771 bits per heavy atom. The molecule has 0 bridgehead atoms. The quantitative estimate of drug-likeness (QED) is 0.0935. The average molecular weight is 503 g/mol. The molecule has 11 N–H and O–H groups in total. The Bertz CT molecular complexity index is 760. The van der Waals surface area contributed by atoms with Crippen molar-refractivity contribution in [1.82, 2.24) is 16.0 Å². The third-order valence-corrected chi connectivity index (χ3v) is 5.13. The molecule has 0 saturated heterocycles. The van der Waals surface area contributed by atoms with Gasteiger partial charge in [-0.15, -0.1) is 0 Å². The zero-order chi connectivity index (χ0) is 27.1. The summed E-state index contributed by atoms with van der Waals surface area (Å²) in [5.74, 6) is -6.19. The lowest BCUT2D eigenvalue weighted by atomic mass is 10.0. The molecular weight excluding hydrogens is 464 g/mol. The first-order valence-electron chi connectivity index (χ1n) is 11.4. The summed E-state index contributed by atoms with van der Waals surface area (Å²) in [6.07, 6.45) is 0.224. The lowest BCUT2D eigenvalue weighted by molar-refractivity contribution is -0.143. The molecule has 14 heteroatoms. The number of carbonyl (C=O) groups excluding carboxylic acids is 4. The minimum atomic E-state index is -1.36. The van der Waals surface area contributed by atoms with Crippen molar-refractivity contribution in [3.05, 3.63) is 0 Å². The Morgan fingerprint density at radius 3 is 1.74 bits per heavy atom. The molecule has 0 heterocycles. The van der Waals surface area contributed by atoms with E-state index in [-0.39, 0.29) is 19.3 Å². The van der Waals surface area contributed by atoms with Gasteiger partial charge in [-0.25, -0.2) is 4.79 Å². The summed E-state index contributed by atoms with van der Waals surface area (Å²) in [7, 11) is 0. The SMILES string of the molecule is CC(C)C(NC(=O)C(CCC(N)=O)NC(=O)C(CCC(=O)O)NC(=O)C(N)CCCCN)C(=O)O. The number of hydrogen-bond acceptors (Lipinski definition) is 8. The van der Waals surface area contributed by atoms with Gasteiger partial charge in [-0.05, 0) is 38.1 Å². The number of carbonyl (C=O) groups is 6. The highest BCUT2D eigenvalue weighted by atomic mass is 16.4. The fourth-order valence-corrected chi connectivity index (χ4v) is 3.05. The van der Waals surface area contributed by atoms with E-state index >= 15 is 0 Å². The Morgan fingerprint density at radius 2 is 1.29 bits per heavy atom. The van der Waals surface area contributed by atoms with E-state index < -0.39 is 72.1 Å². The van der Waals surface area contributed by atoms with Crippen LogP contribution in [-0.2, 0) is 28.8 Å². The summed E-state index contributed by atoms with van der Waals surface area (Å²) in [6, 6.07) is -4.93. The van der Waals surface area contributed by atoms with E-state index in [1.54, 1.807) is 13.8 Å². The zero-order valence-corrected chi connectivity index (χ0v) is 20.1. The molecule has 0 aliphatic carbocycles. The van der Waals surface area contributed by atoms with Crippen molar-refractivity contribution >= 4 is 35.6 Å². The van der Waals surface area contributed by atoms with Crippen molar-refractivity contribution in [2.75, 3.05) is 6.54 Å². The Kier molecular flexibility index (Phi) is 14.9. The van der Waals surface area contributed by atoms with E-state index in [2.05, 4.69) is 16.0 Å². The van der Waals surface area contributed by atoms with Crippen LogP contribution in [0, 0.1) is 5.92 Å². The standard InChI is InChI=1S/C21H38N6O8/c1-11(2)17(21(34)35)27-20(33)13(6-8-15(24)28)26-19(32)14(7-9-16(29)30)25-18(31)12(23)5-3-4-10-22/h11-14,17H,3-10,22-23H2,1-2H3,(H2,24,28)(H,25,31)(H,26,32)(H,27,33)(H,29,30)(H,34,35). The van der Waals surface area contributed by atoms with E-state index in [4.69, 9.17) is 22.3 Å². The van der Waals surface area contributed by atoms with Gasteiger partial charge in [0.2, 0.25) is 23.6 Å². The summed E-state index contributed by atoms with van der Waals surface area (Å²) in [4.78, 5) is 71.7. The van der Waals surface area contributed by atoms with Crippen LogP contribution in [0.5, 0.6) is 0 Å². The number of nitrogens with one attached hydrogen (secondary N) is 3. The summed E-state index contributed by atoms with van der Waals surface area (Å²) in [6.45, 7) is 3.57. The molecular formula is C21H38N6O8. The molecule has 0 aromatic carbocycles. The number of carboxylic acids is 2. The van der Waals surface area contributed by atoms with Crippen LogP contribution in [0.4, 0.5) is 0 Å². The number of unbranched alkanes of at least 4 members (excludes halogenated alkanes) is 1. The topological polar surface area (TPSA) is 257 Å². The van der Waals surface area contributed by atoms with Gasteiger partial charge in [0.25, 0.3) is 0 Å². The normalized spacial score (nSPS) is 14.3. The predicted octanol–water partition coefficient (Wildman–Crippen LogP) is -2.23. The molecule has 4 atom stereocenters. The first kappa shape index (κ1) is 31.7. The number of rotatable bonds is 18. The van der Waals surface area contributed by atoms with Crippen molar-refractivity contribution in [3.63, 3.8) is 0 Å². The molecule has 0 saturated carbocycles. The Labute approximate surface area is 203 Å². The van der Waals surface area contributed by atoms with E-state index in [0.717, 1.165) is 0 Å². The molecule has 0 aromatic rings. The summed E-state index contributed by atoms with van der Waals surface area (Å²) < 4.78 is 0. The molecule has 0 fully saturated rings. The smallest absolute Gasteiger partial charge is 0.326 e. The van der Waals surface area contributed by atoms with Crippen molar-refractivity contribution in [3.8, 4) is 0 Å². The molecule has 0 radical (unpaired) electrons. The van der Waals surface area contributed by atoms with E-state index in [9.17, 15) is 33.9 Å². The maximum atomic E-state index is 12.9. The predicted molar refractivity (Wildman–Crippen MR) is 124 cm³/mol. The zero-order valence-electron chi connectivity index (χ0n) is 20.1. The first-order chi connectivity index (χ1) is 16.3. The molecule has 4 amide bonds. The molecule has 35 heavy (non-hydrogen) atoms. The maximum absolute atomic E-state index is 12.9. The lowest BCUT2D eigenvalue weighted by Crippen LogP contribution is -2.57. The van der Waals surface area contributed by atoms with Crippen LogP contribution < -0.4 is 33.2 Å². The highest BCUT2D eigenvalue weighted by Gasteiger charge is 2.31. The molecule has 14 nitrogen and oxygen atoms in total. The largest absolute Gasteiger partial charge is 0.481 e. The van der Waals surface area contributed by atoms with E-state index in [1.807, 2.05) is 0 Å². The summed E-state index contributed by atoms with van der Waals surface area (Å²) >= 11 is 0. The van der Waals surface area contributed by atoms with Gasteiger partial charge in [0.1, 0.15) is 18.1 Å². The van der Waals surface area contributed by atoms with Gasteiger partial charge >= 0.3 is 11.9 Å². The fraction of sp³-hybridized carbons (Fsp3) is 0.714. The van der Waals surface area contributed by atoms with E-state index in [1.165, 1.54) is 0 Å². The lowest BCUT2D eigenvalue weighted by Gasteiger charge is -2.25. The Balaban J connectivity index is 5.55. The minimum Gasteiger partial charge on any atom is -0.481 e. The maximum Gasteiger partial charge on any atom is 0.326 e. The number of nitrogens with two attached hydrogens (primary N) is 3. The van der Waals surface area contributed by atoms with Gasteiger partial charge in [0.05, 0.1) is 6.04 Å².